The molecule has 0 spiro atoms. The predicted octanol–water partition coefficient (Wildman–Crippen LogP) is 4.40. The number of piperidine rings is 1. The minimum atomic E-state index is -0.0635. The van der Waals surface area contributed by atoms with Crippen LogP contribution in [0.15, 0.2) is 30.3 Å². The van der Waals surface area contributed by atoms with Gasteiger partial charge in [-0.2, -0.15) is 0 Å². The number of hydrogen-bond donors (Lipinski definition) is 1. The molecule has 3 rings (SSSR count). The van der Waals surface area contributed by atoms with Gasteiger partial charge in [0.1, 0.15) is 0 Å². The molecule has 0 aliphatic carbocycles. The monoisotopic (exact) mass is 364 g/mol. The van der Waals surface area contributed by atoms with E-state index in [1.165, 1.54) is 6.42 Å². The van der Waals surface area contributed by atoms with Crippen molar-refractivity contribution in [3.05, 3.63) is 46.1 Å². The Morgan fingerprint density at radius 1 is 1.21 bits per heavy atom. The zero-order valence-electron chi connectivity index (χ0n) is 13.3. The highest BCUT2D eigenvalue weighted by Gasteiger charge is 2.23. The third-order valence-corrected chi connectivity index (χ3v) is 4.40. The summed E-state index contributed by atoms with van der Waals surface area (Å²) < 4.78 is 0. The second-order valence-electron chi connectivity index (χ2n) is 6.09. The molecule has 1 saturated heterocycles. The maximum atomic E-state index is 12.5. The first-order chi connectivity index (χ1) is 11.5. The molecule has 0 saturated carbocycles. The van der Waals surface area contributed by atoms with E-state index in [-0.39, 0.29) is 5.91 Å². The van der Waals surface area contributed by atoms with Crippen LogP contribution in [-0.4, -0.2) is 34.1 Å². The summed E-state index contributed by atoms with van der Waals surface area (Å²) in [5.74, 6) is 0.993. The Bertz CT molecular complexity index is 716. The summed E-state index contributed by atoms with van der Waals surface area (Å²) in [4.78, 5) is 14.3. The van der Waals surface area contributed by atoms with Crippen molar-refractivity contribution >= 4 is 40.6 Å². The largest absolute Gasteiger partial charge is 0.339 e. The standard InChI is InChI=1S/C17H18Cl2N4O/c1-11-3-2-6-23(10-11)17(24)15-4-5-16(22-21-15)20-14-8-12(18)7-13(19)9-14/h4-5,7-9,11H,2-3,6,10H2,1H3,(H,20,22). The number of nitrogens with one attached hydrogen (secondary N) is 1. The maximum absolute atomic E-state index is 12.5. The lowest BCUT2D eigenvalue weighted by atomic mass is 10.00. The van der Waals surface area contributed by atoms with Gasteiger partial charge in [-0.15, -0.1) is 10.2 Å². The number of anilines is 2. The minimum Gasteiger partial charge on any atom is -0.339 e. The van der Waals surface area contributed by atoms with Crippen molar-refractivity contribution in [3.63, 3.8) is 0 Å². The van der Waals surface area contributed by atoms with Gasteiger partial charge in [-0.1, -0.05) is 30.1 Å². The molecular formula is C17H18Cl2N4O. The summed E-state index contributed by atoms with van der Waals surface area (Å²) in [6.45, 7) is 3.72. The molecule has 1 aromatic carbocycles. The summed E-state index contributed by atoms with van der Waals surface area (Å²) in [7, 11) is 0. The molecule has 2 aromatic rings. The average Bonchev–Trinajstić information content (AvgIpc) is 2.54. The van der Waals surface area contributed by atoms with E-state index >= 15 is 0 Å². The smallest absolute Gasteiger partial charge is 0.274 e. The Labute approximate surface area is 151 Å². The van der Waals surface area contributed by atoms with E-state index in [1.54, 1.807) is 30.3 Å². The fourth-order valence-electron chi connectivity index (χ4n) is 2.82. The number of likely N-dealkylation sites (tertiary alicyclic amines) is 1. The van der Waals surface area contributed by atoms with Crippen LogP contribution in [0.3, 0.4) is 0 Å². The summed E-state index contributed by atoms with van der Waals surface area (Å²) in [6.07, 6.45) is 2.20. The van der Waals surface area contributed by atoms with Gasteiger partial charge in [-0.25, -0.2) is 0 Å². The van der Waals surface area contributed by atoms with Gasteiger partial charge in [0.25, 0.3) is 5.91 Å². The zero-order chi connectivity index (χ0) is 17.1. The molecule has 1 aromatic heterocycles. The van der Waals surface area contributed by atoms with E-state index in [2.05, 4.69) is 22.4 Å². The fourth-order valence-corrected chi connectivity index (χ4v) is 3.35. The third-order valence-electron chi connectivity index (χ3n) is 3.96. The molecule has 7 heteroatoms. The van der Waals surface area contributed by atoms with E-state index in [1.807, 2.05) is 4.90 Å². The summed E-state index contributed by atoms with van der Waals surface area (Å²) in [5, 5.41) is 12.3. The van der Waals surface area contributed by atoms with Gasteiger partial charge in [-0.05, 0) is 49.1 Å². The maximum Gasteiger partial charge on any atom is 0.274 e. The zero-order valence-corrected chi connectivity index (χ0v) is 14.8. The van der Waals surface area contributed by atoms with Crippen molar-refractivity contribution in [2.45, 2.75) is 19.8 Å². The summed E-state index contributed by atoms with van der Waals surface area (Å²) in [5.41, 5.74) is 1.07. The highest BCUT2D eigenvalue weighted by Crippen LogP contribution is 2.24. The number of benzene rings is 1. The Kier molecular flexibility index (Phi) is 5.21. The lowest BCUT2D eigenvalue weighted by molar-refractivity contribution is 0.0676. The first-order valence-corrected chi connectivity index (χ1v) is 8.63. The second kappa shape index (κ2) is 7.36. The number of carbonyl (C=O) groups excluding carboxylic acids is 1. The number of hydrogen-bond acceptors (Lipinski definition) is 4. The number of amides is 1. The first-order valence-electron chi connectivity index (χ1n) is 7.87. The van der Waals surface area contributed by atoms with Crippen LogP contribution in [0, 0.1) is 5.92 Å². The molecule has 5 nitrogen and oxygen atoms in total. The predicted molar refractivity (Wildman–Crippen MR) is 96.1 cm³/mol. The van der Waals surface area contributed by atoms with Crippen LogP contribution >= 0.6 is 23.2 Å². The van der Waals surface area contributed by atoms with E-state index in [4.69, 9.17) is 23.2 Å². The molecule has 1 fully saturated rings. The van der Waals surface area contributed by atoms with E-state index in [0.717, 1.165) is 19.5 Å². The Morgan fingerprint density at radius 3 is 2.58 bits per heavy atom. The molecule has 126 valence electrons. The molecule has 1 unspecified atom stereocenters. The topological polar surface area (TPSA) is 58.1 Å². The highest BCUT2D eigenvalue weighted by molar-refractivity contribution is 6.35. The molecule has 2 heterocycles. The molecule has 0 bridgehead atoms. The van der Waals surface area contributed by atoms with Crippen molar-refractivity contribution < 1.29 is 4.79 Å². The molecule has 1 aliphatic rings. The first kappa shape index (κ1) is 17.0. The van der Waals surface area contributed by atoms with Crippen molar-refractivity contribution in [1.29, 1.82) is 0 Å². The molecule has 1 atom stereocenters. The lowest BCUT2D eigenvalue weighted by Gasteiger charge is -2.30. The van der Waals surface area contributed by atoms with Crippen LogP contribution < -0.4 is 5.32 Å². The van der Waals surface area contributed by atoms with Gasteiger partial charge >= 0.3 is 0 Å². The Balaban J connectivity index is 1.69. The van der Waals surface area contributed by atoms with Gasteiger partial charge in [0.15, 0.2) is 11.5 Å². The molecule has 1 aliphatic heterocycles. The van der Waals surface area contributed by atoms with Crippen LogP contribution in [0.4, 0.5) is 11.5 Å². The minimum absolute atomic E-state index is 0.0635. The van der Waals surface area contributed by atoms with Gasteiger partial charge in [0.05, 0.1) is 0 Å². The van der Waals surface area contributed by atoms with Crippen LogP contribution in [0.2, 0.25) is 10.0 Å². The lowest BCUT2D eigenvalue weighted by Crippen LogP contribution is -2.39. The van der Waals surface area contributed by atoms with Gasteiger partial charge in [0.2, 0.25) is 0 Å². The number of nitrogens with zero attached hydrogens (tertiary/aromatic N) is 3. The molecule has 1 amide bonds. The van der Waals surface area contributed by atoms with E-state index < -0.39 is 0 Å². The summed E-state index contributed by atoms with van der Waals surface area (Å²) >= 11 is 11.9. The van der Waals surface area contributed by atoms with Gasteiger partial charge in [0, 0.05) is 28.8 Å². The van der Waals surface area contributed by atoms with Crippen molar-refractivity contribution in [1.82, 2.24) is 15.1 Å². The van der Waals surface area contributed by atoms with Crippen LogP contribution in [0.25, 0.3) is 0 Å². The fraction of sp³-hybridized carbons (Fsp3) is 0.353. The Hall–Kier alpha value is -1.85. The van der Waals surface area contributed by atoms with E-state index in [9.17, 15) is 4.79 Å². The Morgan fingerprint density at radius 2 is 1.96 bits per heavy atom. The number of halogens is 2. The van der Waals surface area contributed by atoms with Crippen molar-refractivity contribution in [3.8, 4) is 0 Å². The number of rotatable bonds is 3. The second-order valence-corrected chi connectivity index (χ2v) is 6.96. The molecule has 24 heavy (non-hydrogen) atoms. The van der Waals surface area contributed by atoms with Crippen molar-refractivity contribution in [2.75, 3.05) is 18.4 Å². The SMILES string of the molecule is CC1CCCN(C(=O)c2ccc(Nc3cc(Cl)cc(Cl)c3)nn2)C1. The van der Waals surface area contributed by atoms with Crippen LogP contribution in [0.1, 0.15) is 30.3 Å². The normalized spacial score (nSPS) is 17.6. The quantitative estimate of drug-likeness (QED) is 0.876. The summed E-state index contributed by atoms with van der Waals surface area (Å²) in [6, 6.07) is 8.54. The van der Waals surface area contributed by atoms with E-state index in [0.29, 0.717) is 33.2 Å². The molecular weight excluding hydrogens is 347 g/mol. The van der Waals surface area contributed by atoms with Crippen molar-refractivity contribution in [2.24, 2.45) is 5.92 Å². The molecule has 0 radical (unpaired) electrons. The highest BCUT2D eigenvalue weighted by atomic mass is 35.5. The average molecular weight is 365 g/mol. The van der Waals surface area contributed by atoms with Crippen LogP contribution in [-0.2, 0) is 0 Å². The number of aromatic nitrogens is 2. The third kappa shape index (κ3) is 4.16. The van der Waals surface area contributed by atoms with Crippen LogP contribution in [0.5, 0.6) is 0 Å². The van der Waals surface area contributed by atoms with Gasteiger partial charge in [-0.3, -0.25) is 4.79 Å². The van der Waals surface area contributed by atoms with Gasteiger partial charge < -0.3 is 10.2 Å². The number of carbonyl (C=O) groups is 1. The molecule has 1 N–H and O–H groups in total.